The first-order valence-corrected chi connectivity index (χ1v) is 10.9. The first kappa shape index (κ1) is 21.7. The summed E-state index contributed by atoms with van der Waals surface area (Å²) in [7, 11) is -2.47. The Labute approximate surface area is 181 Å². The van der Waals surface area contributed by atoms with E-state index in [-0.39, 0.29) is 10.6 Å². The molecule has 0 aliphatic rings. The number of rotatable bonds is 8. The number of aryl methyl sites for hydroxylation is 1. The van der Waals surface area contributed by atoms with Crippen LogP contribution in [0.2, 0.25) is 5.02 Å². The Balaban J connectivity index is 1.67. The molecule has 0 aliphatic carbocycles. The van der Waals surface area contributed by atoms with Crippen LogP contribution < -0.4 is 14.3 Å². The number of hydrogen-bond donors (Lipinski definition) is 1. The van der Waals surface area contributed by atoms with Gasteiger partial charge in [0.2, 0.25) is 0 Å². The zero-order chi connectivity index (χ0) is 21.6. The first-order valence-electron chi connectivity index (χ1n) is 9.05. The summed E-state index contributed by atoms with van der Waals surface area (Å²) in [5, 5.41) is 4.24. The van der Waals surface area contributed by atoms with E-state index < -0.39 is 10.0 Å². The second kappa shape index (κ2) is 9.65. The average Bonchev–Trinajstić information content (AvgIpc) is 2.74. The van der Waals surface area contributed by atoms with Crippen molar-refractivity contribution in [2.75, 3.05) is 7.11 Å². The van der Waals surface area contributed by atoms with Crippen molar-refractivity contribution in [2.45, 2.75) is 18.4 Å². The molecule has 0 heterocycles. The van der Waals surface area contributed by atoms with Crippen LogP contribution in [0.1, 0.15) is 16.7 Å². The summed E-state index contributed by atoms with van der Waals surface area (Å²) in [5.41, 5.74) is 2.43. The first-order chi connectivity index (χ1) is 14.4. The Morgan fingerprint density at radius 3 is 2.47 bits per heavy atom. The molecular formula is C22H21ClN2O4S. The van der Waals surface area contributed by atoms with Crippen LogP contribution in [0.15, 0.2) is 76.7 Å². The Kier molecular flexibility index (Phi) is 6.97. The predicted molar refractivity (Wildman–Crippen MR) is 118 cm³/mol. The van der Waals surface area contributed by atoms with Crippen LogP contribution in [0.5, 0.6) is 11.5 Å². The average molecular weight is 445 g/mol. The van der Waals surface area contributed by atoms with Gasteiger partial charge in [-0.05, 0) is 53.9 Å². The minimum absolute atomic E-state index is 0.0184. The fourth-order valence-electron chi connectivity index (χ4n) is 2.66. The number of halogens is 1. The Morgan fingerprint density at radius 2 is 1.77 bits per heavy atom. The lowest BCUT2D eigenvalue weighted by Gasteiger charge is -2.10. The van der Waals surface area contributed by atoms with Crippen LogP contribution in [-0.2, 0) is 16.6 Å². The highest BCUT2D eigenvalue weighted by Crippen LogP contribution is 2.26. The maximum Gasteiger partial charge on any atom is 0.280 e. The van der Waals surface area contributed by atoms with Gasteiger partial charge in [-0.3, -0.25) is 0 Å². The Bertz CT molecular complexity index is 1150. The lowest BCUT2D eigenvalue weighted by molar-refractivity contribution is 0.306. The zero-order valence-corrected chi connectivity index (χ0v) is 18.1. The highest BCUT2D eigenvalue weighted by Gasteiger charge is 2.18. The molecule has 0 radical (unpaired) electrons. The molecule has 3 aromatic carbocycles. The minimum Gasteiger partial charge on any atom is -0.495 e. The molecule has 0 aliphatic heterocycles. The van der Waals surface area contributed by atoms with Gasteiger partial charge in [-0.1, -0.05) is 48.0 Å². The summed E-state index contributed by atoms with van der Waals surface area (Å²) in [6.45, 7) is 2.19. The molecule has 6 nitrogen and oxygen atoms in total. The predicted octanol–water partition coefficient (Wildman–Crippen LogP) is 4.55. The fraction of sp³-hybridized carbons (Fsp3) is 0.136. The Morgan fingerprint density at radius 1 is 1.03 bits per heavy atom. The molecule has 3 rings (SSSR count). The molecule has 8 heteroatoms. The second-order valence-corrected chi connectivity index (χ2v) is 8.51. The van der Waals surface area contributed by atoms with E-state index in [0.29, 0.717) is 22.9 Å². The highest BCUT2D eigenvalue weighted by atomic mass is 35.5. The summed E-state index contributed by atoms with van der Waals surface area (Å²) in [4.78, 5) is 2.21. The lowest BCUT2D eigenvalue weighted by atomic mass is 10.2. The molecule has 0 atom stereocenters. The van der Waals surface area contributed by atoms with E-state index in [1.54, 1.807) is 37.3 Å². The van der Waals surface area contributed by atoms with Crippen LogP contribution in [0.25, 0.3) is 0 Å². The van der Waals surface area contributed by atoms with Gasteiger partial charge >= 0.3 is 0 Å². The van der Waals surface area contributed by atoms with Crippen LogP contribution in [0.4, 0.5) is 0 Å². The third-order valence-corrected chi connectivity index (χ3v) is 5.73. The zero-order valence-electron chi connectivity index (χ0n) is 16.5. The van der Waals surface area contributed by atoms with Crippen molar-refractivity contribution in [3.05, 3.63) is 88.4 Å². The molecule has 0 fully saturated rings. The van der Waals surface area contributed by atoms with Crippen molar-refractivity contribution in [3.63, 3.8) is 0 Å². The number of ether oxygens (including phenoxy) is 2. The van der Waals surface area contributed by atoms with E-state index in [2.05, 4.69) is 9.93 Å². The van der Waals surface area contributed by atoms with Crippen LogP contribution >= 0.6 is 11.6 Å². The van der Waals surface area contributed by atoms with Gasteiger partial charge in [-0.25, -0.2) is 0 Å². The summed E-state index contributed by atoms with van der Waals surface area (Å²) >= 11 is 6.28. The van der Waals surface area contributed by atoms with Gasteiger partial charge in [0.25, 0.3) is 10.0 Å². The van der Waals surface area contributed by atoms with Crippen molar-refractivity contribution in [3.8, 4) is 11.5 Å². The number of nitrogens with zero attached hydrogens (tertiary/aromatic N) is 1. The maximum atomic E-state index is 12.5. The van der Waals surface area contributed by atoms with E-state index in [1.165, 1.54) is 19.4 Å². The van der Waals surface area contributed by atoms with Crippen molar-refractivity contribution in [1.29, 1.82) is 0 Å². The van der Waals surface area contributed by atoms with Crippen LogP contribution in [0, 0.1) is 6.92 Å². The van der Waals surface area contributed by atoms with Crippen molar-refractivity contribution < 1.29 is 17.9 Å². The van der Waals surface area contributed by atoms with Crippen molar-refractivity contribution >= 4 is 27.8 Å². The number of hydrazone groups is 1. The van der Waals surface area contributed by atoms with Gasteiger partial charge in [0.15, 0.2) is 0 Å². The maximum absolute atomic E-state index is 12.5. The van der Waals surface area contributed by atoms with E-state index in [9.17, 15) is 8.42 Å². The number of hydrogen-bond acceptors (Lipinski definition) is 5. The molecule has 0 bridgehead atoms. The lowest BCUT2D eigenvalue weighted by Crippen LogP contribution is -2.19. The molecule has 0 saturated heterocycles. The number of benzene rings is 3. The van der Waals surface area contributed by atoms with Crippen molar-refractivity contribution in [1.82, 2.24) is 4.83 Å². The third-order valence-electron chi connectivity index (χ3n) is 4.19. The van der Waals surface area contributed by atoms with Crippen LogP contribution in [0.3, 0.4) is 0 Å². The van der Waals surface area contributed by atoms with Gasteiger partial charge in [0, 0.05) is 0 Å². The van der Waals surface area contributed by atoms with Crippen LogP contribution in [-0.4, -0.2) is 21.7 Å². The molecule has 1 N–H and O–H groups in total. The number of sulfonamides is 1. The molecule has 0 spiro atoms. The Hall–Kier alpha value is -3.03. The highest BCUT2D eigenvalue weighted by molar-refractivity contribution is 7.89. The third kappa shape index (κ3) is 5.52. The minimum atomic E-state index is -3.88. The molecular weight excluding hydrogens is 424 g/mol. The normalized spacial score (nSPS) is 11.4. The topological polar surface area (TPSA) is 77.0 Å². The molecule has 156 valence electrons. The van der Waals surface area contributed by atoms with E-state index >= 15 is 0 Å². The van der Waals surface area contributed by atoms with Crippen molar-refractivity contribution in [2.24, 2.45) is 5.10 Å². The second-order valence-electron chi connectivity index (χ2n) is 6.47. The fourth-order valence-corrected chi connectivity index (χ4v) is 3.95. The quantitative estimate of drug-likeness (QED) is 0.408. The summed E-state index contributed by atoms with van der Waals surface area (Å²) < 4.78 is 36.0. The smallest absolute Gasteiger partial charge is 0.280 e. The molecule has 0 aromatic heterocycles. The van der Waals surface area contributed by atoms with E-state index in [4.69, 9.17) is 21.1 Å². The molecule has 0 saturated carbocycles. The summed E-state index contributed by atoms with van der Waals surface area (Å²) in [6, 6.07) is 19.7. The summed E-state index contributed by atoms with van der Waals surface area (Å²) in [6.07, 6.45) is 1.37. The molecule has 0 unspecified atom stereocenters. The van der Waals surface area contributed by atoms with E-state index in [1.807, 2.05) is 30.3 Å². The monoisotopic (exact) mass is 444 g/mol. The van der Waals surface area contributed by atoms with Gasteiger partial charge in [0.05, 0.1) is 18.3 Å². The van der Waals surface area contributed by atoms with Gasteiger partial charge in [-0.2, -0.15) is 18.4 Å². The van der Waals surface area contributed by atoms with Gasteiger partial charge in [0.1, 0.15) is 23.0 Å². The SMILES string of the molecule is COc1ccc(C)cc1S(=O)(=O)N/N=C/c1ccc(OCc2ccccc2)c(Cl)c1. The standard InChI is InChI=1S/C22H21ClN2O4S/c1-16-8-10-21(28-2)22(12-16)30(26,27)25-24-14-18-9-11-20(19(23)13-18)29-15-17-6-4-3-5-7-17/h3-14,25H,15H2,1-2H3/b24-14+. The summed E-state index contributed by atoms with van der Waals surface area (Å²) in [5.74, 6) is 0.772. The van der Waals surface area contributed by atoms with E-state index in [0.717, 1.165) is 11.1 Å². The largest absolute Gasteiger partial charge is 0.495 e. The van der Waals surface area contributed by atoms with Gasteiger partial charge < -0.3 is 9.47 Å². The molecule has 3 aromatic rings. The molecule has 30 heavy (non-hydrogen) atoms. The number of methoxy groups -OCH3 is 1. The van der Waals surface area contributed by atoms with Gasteiger partial charge in [-0.15, -0.1) is 0 Å². The number of nitrogens with one attached hydrogen (secondary N) is 1. The molecule has 0 amide bonds.